The molecule has 1 aromatic heterocycles. The van der Waals surface area contributed by atoms with Gasteiger partial charge in [0.25, 0.3) is 0 Å². The maximum atomic E-state index is 8.88. The molecule has 0 aliphatic carbocycles. The molecule has 4 nitrogen and oxygen atoms in total. The van der Waals surface area contributed by atoms with Gasteiger partial charge in [0.1, 0.15) is 5.82 Å². The third kappa shape index (κ3) is 2.47. The lowest BCUT2D eigenvalue weighted by Crippen LogP contribution is -2.23. The van der Waals surface area contributed by atoms with E-state index < -0.39 is 0 Å². The summed E-state index contributed by atoms with van der Waals surface area (Å²) in [5.74, 6) is 0.707. The molecule has 0 bridgehead atoms. The van der Waals surface area contributed by atoms with Gasteiger partial charge in [0.2, 0.25) is 0 Å². The first-order chi connectivity index (χ1) is 5.86. The van der Waals surface area contributed by atoms with E-state index in [0.717, 1.165) is 6.42 Å². The zero-order chi connectivity index (χ0) is 8.81. The molecule has 66 valence electrons. The summed E-state index contributed by atoms with van der Waals surface area (Å²) in [5.41, 5.74) is 0. The van der Waals surface area contributed by atoms with Crippen molar-refractivity contribution >= 4 is 5.82 Å². The molecule has 0 aromatic carbocycles. The highest BCUT2D eigenvalue weighted by Gasteiger charge is 2.03. The van der Waals surface area contributed by atoms with Crippen LogP contribution in [0.3, 0.4) is 0 Å². The maximum Gasteiger partial charge on any atom is 0.144 e. The molecule has 12 heavy (non-hydrogen) atoms. The predicted molar refractivity (Wildman–Crippen MR) is 46.8 cm³/mol. The molecule has 0 aliphatic rings. The lowest BCUT2D eigenvalue weighted by Gasteiger charge is -2.13. The van der Waals surface area contributed by atoms with Gasteiger partial charge in [-0.1, -0.05) is 6.92 Å². The Morgan fingerprint density at radius 3 is 2.92 bits per heavy atom. The number of hydrogen-bond acceptors (Lipinski definition) is 4. The van der Waals surface area contributed by atoms with Gasteiger partial charge in [-0.3, -0.25) is 4.98 Å². The van der Waals surface area contributed by atoms with Crippen molar-refractivity contribution in [3.05, 3.63) is 18.6 Å². The third-order valence-electron chi connectivity index (χ3n) is 1.63. The van der Waals surface area contributed by atoms with E-state index in [0.29, 0.717) is 5.82 Å². The lowest BCUT2D eigenvalue weighted by atomic mass is 10.2. The largest absolute Gasteiger partial charge is 0.394 e. The highest BCUT2D eigenvalue weighted by atomic mass is 16.3. The van der Waals surface area contributed by atoms with Crippen LogP contribution in [0.1, 0.15) is 13.3 Å². The number of hydrogen-bond donors (Lipinski definition) is 2. The minimum Gasteiger partial charge on any atom is -0.394 e. The Bertz CT molecular complexity index is 211. The SMILES string of the molecule is CC[C@H](CO)Nc1cnccn1. The first kappa shape index (κ1) is 8.93. The molecule has 1 rings (SSSR count). The van der Waals surface area contributed by atoms with Crippen LogP contribution in [0.15, 0.2) is 18.6 Å². The Balaban J connectivity index is 2.51. The van der Waals surface area contributed by atoms with Gasteiger partial charge in [-0.25, -0.2) is 4.98 Å². The molecule has 0 amide bonds. The monoisotopic (exact) mass is 167 g/mol. The Hall–Kier alpha value is -1.16. The van der Waals surface area contributed by atoms with Crippen molar-refractivity contribution < 1.29 is 5.11 Å². The first-order valence-electron chi connectivity index (χ1n) is 4.00. The highest BCUT2D eigenvalue weighted by Crippen LogP contribution is 2.02. The molecule has 4 heteroatoms. The summed E-state index contributed by atoms with van der Waals surface area (Å²) < 4.78 is 0. The van der Waals surface area contributed by atoms with Crippen LogP contribution in [0.4, 0.5) is 5.82 Å². The quantitative estimate of drug-likeness (QED) is 0.691. The fourth-order valence-electron chi connectivity index (χ4n) is 0.860. The minimum absolute atomic E-state index is 0.0710. The van der Waals surface area contributed by atoms with Gasteiger partial charge in [0, 0.05) is 12.4 Å². The molecule has 0 spiro atoms. The van der Waals surface area contributed by atoms with Gasteiger partial charge < -0.3 is 10.4 Å². The fraction of sp³-hybridized carbons (Fsp3) is 0.500. The van der Waals surface area contributed by atoms with E-state index in [-0.39, 0.29) is 12.6 Å². The fourth-order valence-corrected chi connectivity index (χ4v) is 0.860. The highest BCUT2D eigenvalue weighted by molar-refractivity contribution is 5.31. The van der Waals surface area contributed by atoms with Crippen molar-refractivity contribution in [2.45, 2.75) is 19.4 Å². The summed E-state index contributed by atoms with van der Waals surface area (Å²) in [6, 6.07) is 0.0710. The van der Waals surface area contributed by atoms with Gasteiger partial charge in [0.15, 0.2) is 0 Å². The van der Waals surface area contributed by atoms with Crippen molar-refractivity contribution in [3.8, 4) is 0 Å². The predicted octanol–water partition coefficient (Wildman–Crippen LogP) is 0.659. The number of nitrogens with zero attached hydrogens (tertiary/aromatic N) is 2. The second-order valence-electron chi connectivity index (χ2n) is 2.52. The van der Waals surface area contributed by atoms with Gasteiger partial charge in [-0.05, 0) is 6.42 Å². The maximum absolute atomic E-state index is 8.88. The molecule has 0 saturated heterocycles. The molecule has 0 unspecified atom stereocenters. The number of aliphatic hydroxyl groups excluding tert-OH is 1. The molecular weight excluding hydrogens is 154 g/mol. The number of aromatic nitrogens is 2. The summed E-state index contributed by atoms with van der Waals surface area (Å²) in [4.78, 5) is 7.93. The lowest BCUT2D eigenvalue weighted by molar-refractivity contribution is 0.271. The van der Waals surface area contributed by atoms with E-state index in [1.165, 1.54) is 0 Å². The molecule has 0 radical (unpaired) electrons. The zero-order valence-electron chi connectivity index (χ0n) is 7.07. The average Bonchev–Trinajstić information content (AvgIpc) is 2.16. The van der Waals surface area contributed by atoms with Crippen LogP contribution < -0.4 is 5.32 Å². The van der Waals surface area contributed by atoms with Gasteiger partial charge >= 0.3 is 0 Å². The number of anilines is 1. The standard InChI is InChI=1S/C8H13N3O/c1-2-7(6-12)11-8-5-9-3-4-10-8/h3-5,7,12H,2,6H2,1H3,(H,10,11)/t7-/m1/s1. The van der Waals surface area contributed by atoms with Gasteiger partial charge in [-0.15, -0.1) is 0 Å². The molecule has 0 fully saturated rings. The summed E-state index contributed by atoms with van der Waals surface area (Å²) in [6.45, 7) is 2.12. The topological polar surface area (TPSA) is 58.0 Å². The van der Waals surface area contributed by atoms with E-state index in [1.54, 1.807) is 18.6 Å². The zero-order valence-corrected chi connectivity index (χ0v) is 7.07. The molecular formula is C8H13N3O. The first-order valence-corrected chi connectivity index (χ1v) is 4.00. The van der Waals surface area contributed by atoms with Gasteiger partial charge in [-0.2, -0.15) is 0 Å². The van der Waals surface area contributed by atoms with Crippen LogP contribution in [0, 0.1) is 0 Å². The second-order valence-corrected chi connectivity index (χ2v) is 2.52. The number of aliphatic hydroxyl groups is 1. The second kappa shape index (κ2) is 4.66. The van der Waals surface area contributed by atoms with Crippen LogP contribution in [-0.2, 0) is 0 Å². The molecule has 0 saturated carbocycles. The van der Waals surface area contributed by atoms with E-state index in [9.17, 15) is 0 Å². The van der Waals surface area contributed by atoms with E-state index in [1.807, 2.05) is 6.92 Å². The normalized spacial score (nSPS) is 12.5. The molecule has 0 aliphatic heterocycles. The van der Waals surface area contributed by atoms with E-state index >= 15 is 0 Å². The number of rotatable bonds is 4. The van der Waals surface area contributed by atoms with Crippen molar-refractivity contribution in [2.75, 3.05) is 11.9 Å². The smallest absolute Gasteiger partial charge is 0.144 e. The molecule has 1 atom stereocenters. The van der Waals surface area contributed by atoms with E-state index in [4.69, 9.17) is 5.11 Å². The van der Waals surface area contributed by atoms with Crippen molar-refractivity contribution in [1.82, 2.24) is 9.97 Å². The molecule has 1 heterocycles. The summed E-state index contributed by atoms with van der Waals surface area (Å²) in [5, 5.41) is 11.9. The molecule has 2 N–H and O–H groups in total. The summed E-state index contributed by atoms with van der Waals surface area (Å²) in [6.07, 6.45) is 5.74. The van der Waals surface area contributed by atoms with Crippen LogP contribution >= 0.6 is 0 Å². The third-order valence-corrected chi connectivity index (χ3v) is 1.63. The van der Waals surface area contributed by atoms with Crippen molar-refractivity contribution in [1.29, 1.82) is 0 Å². The summed E-state index contributed by atoms with van der Waals surface area (Å²) >= 11 is 0. The van der Waals surface area contributed by atoms with E-state index in [2.05, 4.69) is 15.3 Å². The molecule has 1 aromatic rings. The Morgan fingerprint density at radius 1 is 1.58 bits per heavy atom. The number of nitrogens with one attached hydrogen (secondary N) is 1. The van der Waals surface area contributed by atoms with Crippen LogP contribution in [0.2, 0.25) is 0 Å². The van der Waals surface area contributed by atoms with Crippen molar-refractivity contribution in [2.24, 2.45) is 0 Å². The Morgan fingerprint density at radius 2 is 2.42 bits per heavy atom. The summed E-state index contributed by atoms with van der Waals surface area (Å²) in [7, 11) is 0. The van der Waals surface area contributed by atoms with Gasteiger partial charge in [0.05, 0.1) is 18.8 Å². The van der Waals surface area contributed by atoms with Crippen molar-refractivity contribution in [3.63, 3.8) is 0 Å². The van der Waals surface area contributed by atoms with Crippen LogP contribution in [0.25, 0.3) is 0 Å². The minimum atomic E-state index is 0.0710. The average molecular weight is 167 g/mol. The van der Waals surface area contributed by atoms with Crippen LogP contribution in [-0.4, -0.2) is 27.7 Å². The Kier molecular flexibility index (Phi) is 3.47. The Labute approximate surface area is 71.7 Å². The van der Waals surface area contributed by atoms with Crippen LogP contribution in [0.5, 0.6) is 0 Å².